The van der Waals surface area contributed by atoms with Gasteiger partial charge in [0.25, 0.3) is 10.0 Å². The molecule has 0 unspecified atom stereocenters. The van der Waals surface area contributed by atoms with E-state index < -0.39 is 10.0 Å². The molecule has 160 valence electrons. The minimum Gasteiger partial charge on any atom is -0.483 e. The number of rotatable bonds is 5. The Kier molecular flexibility index (Phi) is 5.77. The van der Waals surface area contributed by atoms with E-state index in [0.717, 1.165) is 16.9 Å². The molecule has 0 bridgehead atoms. The van der Waals surface area contributed by atoms with Crippen LogP contribution in [0.3, 0.4) is 0 Å². The number of halogens is 2. The lowest BCUT2D eigenvalue weighted by molar-refractivity contribution is 0.159. The first kappa shape index (κ1) is 21.8. The Hall–Kier alpha value is -2.47. The summed E-state index contributed by atoms with van der Waals surface area (Å²) in [5, 5.41) is 0.420. The van der Waals surface area contributed by atoms with Crippen LogP contribution in [0, 0.1) is 0 Å². The van der Waals surface area contributed by atoms with Crippen LogP contribution >= 0.6 is 23.2 Å². The van der Waals surface area contributed by atoms with Crippen LogP contribution in [0.25, 0.3) is 6.08 Å². The molecule has 1 aliphatic heterocycles. The van der Waals surface area contributed by atoms with Crippen LogP contribution in [0.1, 0.15) is 25.0 Å². The molecule has 0 amide bonds. The van der Waals surface area contributed by atoms with E-state index in [1.807, 2.05) is 50.3 Å². The molecule has 4 rings (SSSR count). The number of fused-ring (bicyclic) bond motifs is 1. The van der Waals surface area contributed by atoms with E-state index in [-0.39, 0.29) is 22.1 Å². The van der Waals surface area contributed by atoms with Crippen molar-refractivity contribution in [2.75, 3.05) is 4.31 Å². The fourth-order valence-electron chi connectivity index (χ4n) is 3.40. The van der Waals surface area contributed by atoms with Gasteiger partial charge in [-0.3, -0.25) is 4.31 Å². The molecule has 3 aromatic rings. The minimum atomic E-state index is -3.98. The molecule has 3 aromatic carbocycles. The van der Waals surface area contributed by atoms with Crippen molar-refractivity contribution in [1.82, 2.24) is 0 Å². The molecule has 0 aliphatic carbocycles. The van der Waals surface area contributed by atoms with Gasteiger partial charge in [-0.15, -0.1) is 0 Å². The zero-order valence-corrected chi connectivity index (χ0v) is 19.4. The molecule has 1 aliphatic rings. The van der Waals surface area contributed by atoms with Gasteiger partial charge in [-0.25, -0.2) is 8.42 Å². The van der Waals surface area contributed by atoms with Gasteiger partial charge >= 0.3 is 0 Å². The Morgan fingerprint density at radius 2 is 1.71 bits per heavy atom. The van der Waals surface area contributed by atoms with Gasteiger partial charge in [-0.2, -0.15) is 0 Å². The van der Waals surface area contributed by atoms with E-state index in [1.165, 1.54) is 16.4 Å². The van der Waals surface area contributed by atoms with Crippen LogP contribution in [-0.4, -0.2) is 14.0 Å². The number of para-hydroxylation sites is 1. The van der Waals surface area contributed by atoms with E-state index in [0.29, 0.717) is 10.7 Å². The van der Waals surface area contributed by atoms with Gasteiger partial charge in [0.05, 0.1) is 17.3 Å². The first-order chi connectivity index (χ1) is 14.7. The van der Waals surface area contributed by atoms with Crippen LogP contribution in [-0.2, 0) is 16.6 Å². The van der Waals surface area contributed by atoms with Crippen molar-refractivity contribution in [3.63, 3.8) is 0 Å². The normalized spacial score (nSPS) is 14.6. The Morgan fingerprint density at radius 3 is 2.45 bits per heavy atom. The molecule has 4 nitrogen and oxygen atoms in total. The average molecular weight is 474 g/mol. The highest BCUT2D eigenvalue weighted by Gasteiger charge is 2.28. The van der Waals surface area contributed by atoms with Crippen molar-refractivity contribution >= 4 is 45.0 Å². The molecule has 7 heteroatoms. The maximum absolute atomic E-state index is 13.6. The molecule has 31 heavy (non-hydrogen) atoms. The van der Waals surface area contributed by atoms with Crippen molar-refractivity contribution in [2.24, 2.45) is 0 Å². The summed E-state index contributed by atoms with van der Waals surface area (Å²) in [5.74, 6) is 0.767. The van der Waals surface area contributed by atoms with Crippen LogP contribution in [0.2, 0.25) is 10.0 Å². The van der Waals surface area contributed by atoms with Crippen LogP contribution in [0.5, 0.6) is 5.75 Å². The Bertz CT molecular complexity index is 1260. The fourth-order valence-corrected chi connectivity index (χ4v) is 5.59. The third-order valence-corrected chi connectivity index (χ3v) is 7.43. The molecule has 0 aromatic heterocycles. The Balaban J connectivity index is 1.77. The largest absolute Gasteiger partial charge is 0.483 e. The lowest BCUT2D eigenvalue weighted by atomic mass is 10.0. The zero-order valence-electron chi connectivity index (χ0n) is 17.0. The van der Waals surface area contributed by atoms with Gasteiger partial charge < -0.3 is 4.74 Å². The monoisotopic (exact) mass is 473 g/mol. The number of benzene rings is 3. The molecule has 0 fully saturated rings. The van der Waals surface area contributed by atoms with Gasteiger partial charge in [0, 0.05) is 10.6 Å². The first-order valence-electron chi connectivity index (χ1n) is 9.70. The zero-order chi connectivity index (χ0) is 22.2. The molecule has 0 saturated carbocycles. The summed E-state index contributed by atoms with van der Waals surface area (Å²) in [5.41, 5.74) is 1.88. The summed E-state index contributed by atoms with van der Waals surface area (Å²) in [4.78, 5) is -0.0338. The van der Waals surface area contributed by atoms with Crippen molar-refractivity contribution in [3.8, 4) is 5.75 Å². The molecule has 0 atom stereocenters. The molecule has 1 heterocycles. The maximum atomic E-state index is 13.6. The quantitative estimate of drug-likeness (QED) is 0.420. The number of hydrogen-bond acceptors (Lipinski definition) is 3. The predicted octanol–water partition coefficient (Wildman–Crippen LogP) is 6.57. The van der Waals surface area contributed by atoms with Crippen molar-refractivity contribution < 1.29 is 13.2 Å². The van der Waals surface area contributed by atoms with E-state index >= 15 is 0 Å². The fraction of sp³-hybridized carbons (Fsp3) is 0.167. The lowest BCUT2D eigenvalue weighted by Gasteiger charge is -2.29. The number of anilines is 1. The van der Waals surface area contributed by atoms with Crippen LogP contribution < -0.4 is 9.04 Å². The second-order valence-electron chi connectivity index (χ2n) is 7.83. The third-order valence-electron chi connectivity index (χ3n) is 4.94. The third kappa shape index (κ3) is 4.59. The van der Waals surface area contributed by atoms with Crippen molar-refractivity contribution in [3.05, 3.63) is 94.0 Å². The van der Waals surface area contributed by atoms with Gasteiger partial charge in [0.15, 0.2) is 0 Å². The molecular formula is C24H21Cl2NO3S. The van der Waals surface area contributed by atoms with E-state index in [4.69, 9.17) is 27.9 Å². The summed E-state index contributed by atoms with van der Waals surface area (Å²) in [6.45, 7) is 4.09. The number of hydrogen-bond donors (Lipinski definition) is 0. The maximum Gasteiger partial charge on any atom is 0.266 e. The molecule has 0 N–H and O–H groups in total. The molecule has 0 radical (unpaired) electrons. The van der Waals surface area contributed by atoms with Gasteiger partial charge in [0.2, 0.25) is 0 Å². The second kappa shape index (κ2) is 8.23. The summed E-state index contributed by atoms with van der Waals surface area (Å²) in [6.07, 6.45) is 3.98. The predicted molar refractivity (Wildman–Crippen MR) is 126 cm³/mol. The summed E-state index contributed by atoms with van der Waals surface area (Å²) >= 11 is 12.3. The lowest BCUT2D eigenvalue weighted by Crippen LogP contribution is -2.31. The standard InChI is InChI=1S/C24H21Cl2NO3S/c1-24(2)13-12-18-14-17(8-11-22(18)30-24)16-27(20-6-4-3-5-7-20)31(28,29)23-15-19(25)9-10-21(23)26/h3-15H,16H2,1-2H3. The Labute approximate surface area is 192 Å². The second-order valence-corrected chi connectivity index (χ2v) is 10.5. The highest BCUT2D eigenvalue weighted by atomic mass is 35.5. The number of nitrogens with zero attached hydrogens (tertiary/aromatic N) is 1. The van der Waals surface area contributed by atoms with Gasteiger partial charge in [0.1, 0.15) is 16.2 Å². The summed E-state index contributed by atoms with van der Waals surface area (Å²) in [6, 6.07) is 19.0. The van der Waals surface area contributed by atoms with Crippen LogP contribution in [0.15, 0.2) is 77.7 Å². The number of ether oxygens (including phenoxy) is 1. The topological polar surface area (TPSA) is 46.6 Å². The molecule has 0 saturated heterocycles. The highest BCUT2D eigenvalue weighted by Crippen LogP contribution is 2.34. The number of sulfonamides is 1. The van der Waals surface area contributed by atoms with Crippen molar-refractivity contribution in [1.29, 1.82) is 0 Å². The highest BCUT2D eigenvalue weighted by molar-refractivity contribution is 7.93. The van der Waals surface area contributed by atoms with Gasteiger partial charge in [-0.1, -0.05) is 53.5 Å². The van der Waals surface area contributed by atoms with Gasteiger partial charge in [-0.05, 0) is 68.0 Å². The van der Waals surface area contributed by atoms with Crippen molar-refractivity contribution in [2.45, 2.75) is 30.9 Å². The van der Waals surface area contributed by atoms with E-state index in [2.05, 4.69) is 0 Å². The Morgan fingerprint density at radius 1 is 0.968 bits per heavy atom. The average Bonchev–Trinajstić information content (AvgIpc) is 2.73. The summed E-state index contributed by atoms with van der Waals surface area (Å²) in [7, 11) is -3.98. The SMILES string of the molecule is CC1(C)C=Cc2cc(CN(c3ccccc3)S(=O)(=O)c3cc(Cl)ccc3Cl)ccc2O1. The molecular weight excluding hydrogens is 453 g/mol. The van der Waals surface area contributed by atoms with E-state index in [1.54, 1.807) is 30.3 Å². The smallest absolute Gasteiger partial charge is 0.266 e. The van der Waals surface area contributed by atoms with E-state index in [9.17, 15) is 8.42 Å². The molecule has 0 spiro atoms. The summed E-state index contributed by atoms with van der Waals surface area (Å²) < 4.78 is 34.6. The van der Waals surface area contributed by atoms with Crippen LogP contribution in [0.4, 0.5) is 5.69 Å². The minimum absolute atomic E-state index is 0.0338. The first-order valence-corrected chi connectivity index (χ1v) is 11.9.